The number of hydrogen-bond acceptors (Lipinski definition) is 14. The van der Waals surface area contributed by atoms with Crippen LogP contribution in [0.1, 0.15) is 124 Å². The number of aliphatic hydroxyl groups excluding tert-OH is 6. The van der Waals surface area contributed by atoms with E-state index in [4.69, 9.17) is 35.4 Å². The van der Waals surface area contributed by atoms with Gasteiger partial charge in [0.1, 0.15) is 32.0 Å². The number of unbranched alkanes of at least 4 members (excludes halogenated alkanes) is 11. The summed E-state index contributed by atoms with van der Waals surface area (Å²) in [5, 5.41) is 51.3. The van der Waals surface area contributed by atoms with Crippen LogP contribution >= 0.6 is 0 Å². The van der Waals surface area contributed by atoms with Gasteiger partial charge in [0.05, 0.1) is 19.8 Å². The van der Waals surface area contributed by atoms with Gasteiger partial charge < -0.3 is 44.8 Å². The third kappa shape index (κ3) is 54.9. The SMILES string of the molecule is C=C(C)C(=O)OCC(O)CO.C=C(C)C(=O)OCCN=C=O.CCCCCCCC/C=C\CCCCCCCC(=O)OCC(O)CO.OCC/C=C/CCO. The molecule has 0 aromatic heterocycles. The van der Waals surface area contributed by atoms with Crippen LogP contribution in [0.3, 0.4) is 0 Å². The van der Waals surface area contributed by atoms with Crippen molar-refractivity contribution < 1.29 is 64.0 Å². The molecule has 0 aliphatic rings. The number of allylic oxidation sites excluding steroid dienone is 2. The number of isocyanates is 1. The second-order valence-electron chi connectivity index (χ2n) is 12.5. The maximum absolute atomic E-state index is 11.4. The Morgan fingerprint density at radius 2 is 1.05 bits per heavy atom. The van der Waals surface area contributed by atoms with Crippen molar-refractivity contribution in [2.45, 2.75) is 136 Å². The molecule has 0 spiro atoms. The van der Waals surface area contributed by atoms with Crippen LogP contribution in [-0.2, 0) is 33.4 Å². The zero-order valence-electron chi connectivity index (χ0n) is 33.8. The van der Waals surface area contributed by atoms with Crippen molar-refractivity contribution in [3.05, 3.63) is 48.6 Å². The van der Waals surface area contributed by atoms with Crippen molar-refractivity contribution >= 4 is 24.0 Å². The summed E-state index contributed by atoms with van der Waals surface area (Å²) in [6.45, 7) is 11.6. The predicted octanol–water partition coefficient (Wildman–Crippen LogP) is 5.13. The van der Waals surface area contributed by atoms with Crippen molar-refractivity contribution in [1.29, 1.82) is 0 Å². The zero-order chi connectivity index (χ0) is 42.4. The fourth-order valence-electron chi connectivity index (χ4n) is 3.74. The Bertz CT molecular complexity index is 1030. The summed E-state index contributed by atoms with van der Waals surface area (Å²) in [6, 6.07) is 0. The lowest BCUT2D eigenvalue weighted by Gasteiger charge is -2.08. The van der Waals surface area contributed by atoms with Gasteiger partial charge in [0.25, 0.3) is 0 Å². The first-order chi connectivity index (χ1) is 26.4. The number of esters is 3. The molecule has 14 nitrogen and oxygen atoms in total. The molecular weight excluding hydrogens is 714 g/mol. The summed E-state index contributed by atoms with van der Waals surface area (Å²) >= 11 is 0. The predicted molar refractivity (Wildman–Crippen MR) is 214 cm³/mol. The summed E-state index contributed by atoms with van der Waals surface area (Å²) in [5.41, 5.74) is 0.607. The number of ether oxygens (including phenoxy) is 3. The number of aliphatic imine (C=N–C) groups is 1. The van der Waals surface area contributed by atoms with Gasteiger partial charge in [-0.25, -0.2) is 19.4 Å². The van der Waals surface area contributed by atoms with Gasteiger partial charge in [-0.2, -0.15) is 0 Å². The number of aliphatic hydroxyl groups is 6. The monoisotopic (exact) mass is 788 g/mol. The number of carbonyl (C=O) groups is 3. The summed E-state index contributed by atoms with van der Waals surface area (Å²) in [6.07, 6.45) is 25.5. The van der Waals surface area contributed by atoms with Gasteiger partial charge in [-0.1, -0.05) is 95.8 Å². The van der Waals surface area contributed by atoms with Gasteiger partial charge in [-0.15, -0.1) is 0 Å². The molecule has 0 fully saturated rings. The van der Waals surface area contributed by atoms with Crippen LogP contribution in [0.15, 0.2) is 53.6 Å². The number of hydrogen-bond donors (Lipinski definition) is 6. The molecule has 2 atom stereocenters. The highest BCUT2D eigenvalue weighted by Gasteiger charge is 2.08. The molecule has 55 heavy (non-hydrogen) atoms. The number of rotatable bonds is 30. The second kappa shape index (κ2) is 48.5. The van der Waals surface area contributed by atoms with E-state index in [1.165, 1.54) is 70.8 Å². The van der Waals surface area contributed by atoms with Crippen LogP contribution in [0.5, 0.6) is 0 Å². The molecule has 0 heterocycles. The first kappa shape index (κ1) is 58.2. The van der Waals surface area contributed by atoms with Gasteiger partial charge in [0.2, 0.25) is 6.08 Å². The van der Waals surface area contributed by atoms with Gasteiger partial charge in [0.15, 0.2) is 0 Å². The summed E-state index contributed by atoms with van der Waals surface area (Å²) in [5.74, 6) is -1.31. The highest BCUT2D eigenvalue weighted by atomic mass is 16.5. The molecule has 6 N–H and O–H groups in total. The van der Waals surface area contributed by atoms with Crippen molar-refractivity contribution in [3.63, 3.8) is 0 Å². The maximum atomic E-state index is 11.4. The molecule has 0 aromatic carbocycles. The third-order valence-electron chi connectivity index (χ3n) is 6.86. The van der Waals surface area contributed by atoms with Crippen LogP contribution < -0.4 is 0 Å². The third-order valence-corrected chi connectivity index (χ3v) is 6.86. The molecule has 320 valence electrons. The highest BCUT2D eigenvalue weighted by molar-refractivity contribution is 5.87. The lowest BCUT2D eigenvalue weighted by molar-refractivity contribution is -0.147. The molecule has 0 rings (SSSR count). The van der Waals surface area contributed by atoms with Crippen LogP contribution in [0.25, 0.3) is 0 Å². The largest absolute Gasteiger partial charge is 0.463 e. The van der Waals surface area contributed by atoms with Crippen LogP contribution in [-0.4, -0.2) is 120 Å². The van der Waals surface area contributed by atoms with Gasteiger partial charge in [-0.05, 0) is 58.8 Å². The van der Waals surface area contributed by atoms with E-state index >= 15 is 0 Å². The lowest BCUT2D eigenvalue weighted by Crippen LogP contribution is -2.22. The minimum Gasteiger partial charge on any atom is -0.463 e. The van der Waals surface area contributed by atoms with Crippen LogP contribution in [0, 0.1) is 0 Å². The molecule has 0 radical (unpaired) electrons. The first-order valence-corrected chi connectivity index (χ1v) is 19.3. The maximum Gasteiger partial charge on any atom is 0.333 e. The second-order valence-corrected chi connectivity index (χ2v) is 12.5. The Balaban J connectivity index is -0.000000358. The molecule has 0 aliphatic carbocycles. The summed E-state index contributed by atoms with van der Waals surface area (Å²) < 4.78 is 14.0. The minimum atomic E-state index is -1.00. The average Bonchev–Trinajstić information content (AvgIpc) is 3.18. The molecule has 0 saturated heterocycles. The zero-order valence-corrected chi connectivity index (χ0v) is 33.8. The Hall–Kier alpha value is -3.49. The molecule has 14 heteroatoms. The van der Waals surface area contributed by atoms with Gasteiger partial charge in [0, 0.05) is 30.8 Å². The Kier molecular flexibility index (Phi) is 51.4. The van der Waals surface area contributed by atoms with E-state index in [0.717, 1.165) is 25.7 Å². The lowest BCUT2D eigenvalue weighted by atomic mass is 10.1. The first-order valence-electron chi connectivity index (χ1n) is 19.3. The van der Waals surface area contributed by atoms with E-state index in [-0.39, 0.29) is 57.7 Å². The standard InChI is InChI=1S/C21H40O4.C7H9NO3.C7H12O4.C6H12O2/c1-2-3-4-5-6-7-8-9-10-11-12-13-14-15-16-17-21(24)25-19-20(23)18-22;1-6(2)7(10)11-4-3-8-5-9;1-5(2)7(10)11-4-6(9)3-8;7-5-3-1-2-4-6-8/h9-10,20,22-23H,2-8,11-19H2,1H3;1,3-4H2,2H3;6,8-9H,1,3-4H2,2H3;1-2,7-8H,3-6H2/b10-9-;;;2-1+. The highest BCUT2D eigenvalue weighted by Crippen LogP contribution is 2.10. The van der Waals surface area contributed by atoms with Crippen molar-refractivity contribution in [1.82, 2.24) is 0 Å². The Morgan fingerprint density at radius 1 is 0.636 bits per heavy atom. The van der Waals surface area contributed by atoms with Crippen LogP contribution in [0.4, 0.5) is 0 Å². The van der Waals surface area contributed by atoms with E-state index in [0.29, 0.717) is 24.8 Å². The Morgan fingerprint density at radius 3 is 1.49 bits per heavy atom. The van der Waals surface area contributed by atoms with Crippen molar-refractivity contribution in [3.8, 4) is 0 Å². The fraction of sp³-hybridized carbons (Fsp3) is 0.707. The van der Waals surface area contributed by atoms with E-state index in [2.05, 4.69) is 46.7 Å². The quantitative estimate of drug-likeness (QED) is 0.0106. The van der Waals surface area contributed by atoms with E-state index in [9.17, 15) is 19.2 Å². The smallest absolute Gasteiger partial charge is 0.333 e. The normalized spacial score (nSPS) is 11.4. The van der Waals surface area contributed by atoms with Crippen LogP contribution in [0.2, 0.25) is 0 Å². The summed E-state index contributed by atoms with van der Waals surface area (Å²) in [4.78, 5) is 45.4. The average molecular weight is 788 g/mol. The van der Waals surface area contributed by atoms with Gasteiger partial charge >= 0.3 is 17.9 Å². The molecule has 2 unspecified atom stereocenters. The summed E-state index contributed by atoms with van der Waals surface area (Å²) in [7, 11) is 0. The molecule has 0 amide bonds. The van der Waals surface area contributed by atoms with Crippen molar-refractivity contribution in [2.24, 2.45) is 4.99 Å². The molecule has 0 aliphatic heterocycles. The number of nitrogens with zero attached hydrogens (tertiary/aromatic N) is 1. The van der Waals surface area contributed by atoms with Crippen molar-refractivity contribution in [2.75, 3.05) is 52.8 Å². The minimum absolute atomic E-state index is 0.0981. The topological polar surface area (TPSA) is 230 Å². The number of carbonyl (C=O) groups excluding carboxylic acids is 4. The molecule has 0 aromatic rings. The molecule has 0 saturated carbocycles. The molecule has 0 bridgehead atoms. The van der Waals surface area contributed by atoms with E-state index in [1.54, 1.807) is 6.92 Å². The fourth-order valence-corrected chi connectivity index (χ4v) is 3.74. The van der Waals surface area contributed by atoms with E-state index < -0.39 is 30.8 Å². The Labute approximate surface area is 329 Å². The van der Waals surface area contributed by atoms with Gasteiger partial charge in [-0.3, -0.25) is 4.79 Å². The molecular formula is C41H73NO13. The van der Waals surface area contributed by atoms with E-state index in [1.807, 2.05) is 12.2 Å².